The van der Waals surface area contributed by atoms with E-state index in [2.05, 4.69) is 60.0 Å². The minimum atomic E-state index is 0.582. The van der Waals surface area contributed by atoms with E-state index in [-0.39, 0.29) is 0 Å². The maximum atomic E-state index is 5.91. The van der Waals surface area contributed by atoms with E-state index >= 15 is 0 Å². The molecule has 2 nitrogen and oxygen atoms in total. The van der Waals surface area contributed by atoms with Gasteiger partial charge in [0, 0.05) is 31.5 Å². The van der Waals surface area contributed by atoms with E-state index in [0.717, 1.165) is 38.8 Å². The van der Waals surface area contributed by atoms with Gasteiger partial charge in [-0.1, -0.05) is 15.9 Å². The monoisotopic (exact) mass is 432 g/mol. The fraction of sp³-hybridized carbons (Fsp3) is 0.214. The summed E-state index contributed by atoms with van der Waals surface area (Å²) in [4.78, 5) is 6.01. The molecule has 0 fully saturated rings. The summed E-state index contributed by atoms with van der Waals surface area (Å²) < 4.78 is 4.43. The molecular formula is C14H11Br2ClN2S. The molecule has 0 aliphatic rings. The Morgan fingerprint density at radius 1 is 1.20 bits per heavy atom. The molecule has 0 amide bonds. The van der Waals surface area contributed by atoms with Crippen molar-refractivity contribution in [1.29, 1.82) is 0 Å². The first-order chi connectivity index (χ1) is 9.67. The maximum Gasteiger partial charge on any atom is 0.111 e. The number of aryl methyl sites for hydroxylation is 1. The lowest BCUT2D eigenvalue weighted by Gasteiger charge is -2.07. The first-order valence-electron chi connectivity index (χ1n) is 6.11. The SMILES string of the molecule is ClCCc1nc2cc(Br)ccc2n1Cc1cc(Br)cs1. The van der Waals surface area contributed by atoms with Crippen molar-refractivity contribution in [2.45, 2.75) is 13.0 Å². The van der Waals surface area contributed by atoms with Gasteiger partial charge in [0.05, 0.1) is 17.6 Å². The van der Waals surface area contributed by atoms with Crippen LogP contribution in [-0.2, 0) is 13.0 Å². The lowest BCUT2D eigenvalue weighted by molar-refractivity contribution is 0.763. The third kappa shape index (κ3) is 2.96. The van der Waals surface area contributed by atoms with E-state index in [4.69, 9.17) is 16.6 Å². The van der Waals surface area contributed by atoms with E-state index < -0.39 is 0 Å². The number of hydrogen-bond donors (Lipinski definition) is 0. The maximum absolute atomic E-state index is 5.91. The zero-order valence-electron chi connectivity index (χ0n) is 10.4. The van der Waals surface area contributed by atoms with E-state index in [1.54, 1.807) is 11.3 Å². The Morgan fingerprint density at radius 3 is 2.75 bits per heavy atom. The second-order valence-electron chi connectivity index (χ2n) is 4.42. The highest BCUT2D eigenvalue weighted by Gasteiger charge is 2.12. The van der Waals surface area contributed by atoms with Crippen LogP contribution < -0.4 is 0 Å². The quantitative estimate of drug-likeness (QED) is 0.499. The van der Waals surface area contributed by atoms with Gasteiger partial charge in [0.15, 0.2) is 0 Å². The number of nitrogens with zero attached hydrogens (tertiary/aromatic N) is 2. The van der Waals surface area contributed by atoms with Gasteiger partial charge in [-0.3, -0.25) is 0 Å². The van der Waals surface area contributed by atoms with Crippen molar-refractivity contribution in [2.75, 3.05) is 5.88 Å². The minimum Gasteiger partial charge on any atom is -0.323 e. The Balaban J connectivity index is 2.08. The van der Waals surface area contributed by atoms with Crippen LogP contribution in [0.3, 0.4) is 0 Å². The molecule has 2 heterocycles. The zero-order chi connectivity index (χ0) is 14.1. The molecule has 0 spiro atoms. The normalized spacial score (nSPS) is 11.3. The average molecular weight is 435 g/mol. The zero-order valence-corrected chi connectivity index (χ0v) is 15.2. The molecule has 1 aromatic carbocycles. The highest BCUT2D eigenvalue weighted by atomic mass is 79.9. The number of imidazole rings is 1. The number of halogens is 3. The number of alkyl halides is 1. The van der Waals surface area contributed by atoms with Crippen molar-refractivity contribution in [3.05, 3.63) is 49.3 Å². The van der Waals surface area contributed by atoms with Gasteiger partial charge in [-0.15, -0.1) is 22.9 Å². The molecule has 20 heavy (non-hydrogen) atoms. The van der Waals surface area contributed by atoms with Crippen LogP contribution in [0.25, 0.3) is 11.0 Å². The van der Waals surface area contributed by atoms with Crippen molar-refractivity contribution in [3.63, 3.8) is 0 Å². The Morgan fingerprint density at radius 2 is 2.05 bits per heavy atom. The molecular weight excluding hydrogens is 423 g/mol. The Labute approximate surface area is 143 Å². The third-order valence-electron chi connectivity index (χ3n) is 3.04. The molecule has 2 aromatic heterocycles. The highest BCUT2D eigenvalue weighted by Crippen LogP contribution is 2.25. The molecule has 0 bridgehead atoms. The number of hydrogen-bond acceptors (Lipinski definition) is 2. The minimum absolute atomic E-state index is 0.582. The van der Waals surface area contributed by atoms with Crippen LogP contribution in [0.15, 0.2) is 38.6 Å². The van der Waals surface area contributed by atoms with Crippen LogP contribution in [0.4, 0.5) is 0 Å². The number of aromatic nitrogens is 2. The van der Waals surface area contributed by atoms with Gasteiger partial charge < -0.3 is 4.57 Å². The van der Waals surface area contributed by atoms with E-state index in [1.165, 1.54) is 4.88 Å². The smallest absolute Gasteiger partial charge is 0.111 e. The number of fused-ring (bicyclic) bond motifs is 1. The highest BCUT2D eigenvalue weighted by molar-refractivity contribution is 9.10. The Bertz CT molecular complexity index is 751. The topological polar surface area (TPSA) is 17.8 Å². The van der Waals surface area contributed by atoms with Gasteiger partial charge in [0.1, 0.15) is 5.82 Å². The van der Waals surface area contributed by atoms with Gasteiger partial charge in [-0.2, -0.15) is 0 Å². The summed E-state index contributed by atoms with van der Waals surface area (Å²) in [5, 5.41) is 2.10. The first-order valence-corrected chi connectivity index (χ1v) is 9.11. The van der Waals surface area contributed by atoms with Crippen LogP contribution in [-0.4, -0.2) is 15.4 Å². The molecule has 0 aliphatic heterocycles. The fourth-order valence-electron chi connectivity index (χ4n) is 2.20. The van der Waals surface area contributed by atoms with Crippen molar-refractivity contribution in [3.8, 4) is 0 Å². The molecule has 0 aliphatic carbocycles. The lowest BCUT2D eigenvalue weighted by Crippen LogP contribution is -2.04. The molecule has 6 heteroatoms. The molecule has 3 aromatic rings. The molecule has 3 rings (SSSR count). The van der Waals surface area contributed by atoms with Crippen LogP contribution in [0.2, 0.25) is 0 Å². The second-order valence-corrected chi connectivity index (χ2v) is 7.62. The lowest BCUT2D eigenvalue weighted by atomic mass is 10.3. The largest absolute Gasteiger partial charge is 0.323 e. The van der Waals surface area contributed by atoms with E-state index in [0.29, 0.717) is 5.88 Å². The summed E-state index contributed by atoms with van der Waals surface area (Å²) in [6.45, 7) is 0.834. The summed E-state index contributed by atoms with van der Waals surface area (Å²) >= 11 is 14.7. The van der Waals surface area contributed by atoms with Crippen LogP contribution in [0.1, 0.15) is 10.7 Å². The summed E-state index contributed by atoms with van der Waals surface area (Å²) in [7, 11) is 0. The van der Waals surface area contributed by atoms with Gasteiger partial charge in [-0.25, -0.2) is 4.98 Å². The molecule has 0 N–H and O–H groups in total. The summed E-state index contributed by atoms with van der Waals surface area (Å²) in [6.07, 6.45) is 0.778. The molecule has 104 valence electrons. The van der Waals surface area contributed by atoms with Gasteiger partial charge in [0.25, 0.3) is 0 Å². The number of benzene rings is 1. The second kappa shape index (κ2) is 6.18. The predicted molar refractivity (Wildman–Crippen MR) is 93.0 cm³/mol. The van der Waals surface area contributed by atoms with Crippen LogP contribution in [0.5, 0.6) is 0 Å². The van der Waals surface area contributed by atoms with E-state index in [1.807, 2.05) is 6.07 Å². The summed E-state index contributed by atoms with van der Waals surface area (Å²) in [5.74, 6) is 1.62. The van der Waals surface area contributed by atoms with Gasteiger partial charge in [-0.05, 0) is 40.2 Å². The summed E-state index contributed by atoms with van der Waals surface area (Å²) in [5.41, 5.74) is 2.16. The van der Waals surface area contributed by atoms with Crippen molar-refractivity contribution >= 4 is 65.8 Å². The third-order valence-corrected chi connectivity index (χ3v) is 5.41. The number of thiophene rings is 1. The Kier molecular flexibility index (Phi) is 4.50. The predicted octanol–water partition coefficient (Wildman–Crippen LogP) is 5.45. The Hall–Kier alpha value is -0.360. The molecule has 0 unspecified atom stereocenters. The number of rotatable bonds is 4. The van der Waals surface area contributed by atoms with Crippen molar-refractivity contribution in [2.24, 2.45) is 0 Å². The van der Waals surface area contributed by atoms with Gasteiger partial charge in [0.2, 0.25) is 0 Å². The average Bonchev–Trinajstić information content (AvgIpc) is 2.95. The summed E-state index contributed by atoms with van der Waals surface area (Å²) in [6, 6.07) is 8.36. The van der Waals surface area contributed by atoms with Crippen LogP contribution >= 0.6 is 54.8 Å². The van der Waals surface area contributed by atoms with Crippen LogP contribution in [0, 0.1) is 0 Å². The first kappa shape index (κ1) is 14.6. The van der Waals surface area contributed by atoms with Gasteiger partial charge >= 0.3 is 0 Å². The molecule has 0 atom stereocenters. The molecule has 0 saturated carbocycles. The van der Waals surface area contributed by atoms with E-state index in [9.17, 15) is 0 Å². The molecule has 0 saturated heterocycles. The standard InChI is InChI=1S/C14H11Br2ClN2S/c15-9-1-2-13-12(6-9)18-14(3-4-17)19(13)7-11-5-10(16)8-20-11/h1-2,5-6,8H,3-4,7H2. The fourth-order valence-corrected chi connectivity index (χ4v) is 4.15. The van der Waals surface area contributed by atoms with Crippen molar-refractivity contribution < 1.29 is 0 Å². The van der Waals surface area contributed by atoms with Crippen molar-refractivity contribution in [1.82, 2.24) is 9.55 Å². The molecule has 0 radical (unpaired) electrons.